The van der Waals surface area contributed by atoms with Crippen LogP contribution in [-0.4, -0.2) is 21.4 Å². The number of nitrogens with zero attached hydrogens (tertiary/aromatic N) is 1. The van der Waals surface area contributed by atoms with Crippen molar-refractivity contribution in [1.82, 2.24) is 0 Å². The molecule has 0 saturated carbocycles. The summed E-state index contributed by atoms with van der Waals surface area (Å²) in [5.41, 5.74) is 1.61. The summed E-state index contributed by atoms with van der Waals surface area (Å²) in [5, 5.41) is 2.96. The molecule has 166 valence electrons. The fraction of sp³-hybridized carbons (Fsp3) is 0.0385. The predicted molar refractivity (Wildman–Crippen MR) is 133 cm³/mol. The van der Waals surface area contributed by atoms with Crippen LogP contribution < -0.4 is 9.62 Å². The van der Waals surface area contributed by atoms with Gasteiger partial charge in [-0.1, -0.05) is 60.3 Å². The molecular weight excluding hydrogens is 452 g/mol. The Balaban J connectivity index is 1.50. The van der Waals surface area contributed by atoms with Crippen molar-refractivity contribution in [2.75, 3.05) is 16.7 Å². The molecule has 0 atom stereocenters. The van der Waals surface area contributed by atoms with Crippen molar-refractivity contribution in [3.05, 3.63) is 115 Å². The first-order chi connectivity index (χ1) is 15.9. The summed E-state index contributed by atoms with van der Waals surface area (Å²) in [6, 6.07) is 32.3. The molecule has 4 rings (SSSR count). The molecule has 0 bridgehead atoms. The average molecular weight is 475 g/mol. The first-order valence-electron chi connectivity index (χ1n) is 10.2. The zero-order valence-electron chi connectivity index (χ0n) is 17.9. The normalized spacial score (nSPS) is 11.1. The van der Waals surface area contributed by atoms with Gasteiger partial charge < -0.3 is 5.32 Å². The van der Waals surface area contributed by atoms with Crippen molar-refractivity contribution in [1.29, 1.82) is 0 Å². The third-order valence-corrected chi connectivity index (χ3v) is 7.88. The lowest BCUT2D eigenvalue weighted by atomic mass is 10.2. The lowest BCUT2D eigenvalue weighted by Crippen LogP contribution is -2.26. The van der Waals surface area contributed by atoms with Gasteiger partial charge in [0.25, 0.3) is 15.9 Å². The quantitative estimate of drug-likeness (QED) is 0.361. The number of nitrogens with one attached hydrogen (secondary N) is 1. The Morgan fingerprint density at radius 1 is 0.758 bits per heavy atom. The summed E-state index contributed by atoms with van der Waals surface area (Å²) < 4.78 is 26.9. The molecule has 5 nitrogen and oxygen atoms in total. The topological polar surface area (TPSA) is 66.5 Å². The van der Waals surface area contributed by atoms with Gasteiger partial charge in [-0.3, -0.25) is 9.10 Å². The van der Waals surface area contributed by atoms with Crippen LogP contribution in [0.15, 0.2) is 124 Å². The van der Waals surface area contributed by atoms with Crippen molar-refractivity contribution in [2.24, 2.45) is 0 Å². The second-order valence-electron chi connectivity index (χ2n) is 7.20. The average Bonchev–Trinajstić information content (AvgIpc) is 2.86. The van der Waals surface area contributed by atoms with Crippen LogP contribution in [0, 0.1) is 0 Å². The van der Waals surface area contributed by atoms with E-state index >= 15 is 0 Å². The predicted octanol–water partition coefficient (Wildman–Crippen LogP) is 5.92. The van der Waals surface area contributed by atoms with Crippen molar-refractivity contribution >= 4 is 39.1 Å². The van der Waals surface area contributed by atoms with Crippen molar-refractivity contribution in [2.45, 2.75) is 14.7 Å². The van der Waals surface area contributed by atoms with E-state index in [0.29, 0.717) is 16.9 Å². The Morgan fingerprint density at radius 2 is 1.33 bits per heavy atom. The number of carbonyl (C=O) groups excluding carboxylic acids is 1. The van der Waals surface area contributed by atoms with Crippen LogP contribution in [0.4, 0.5) is 11.4 Å². The molecule has 0 aromatic heterocycles. The third kappa shape index (κ3) is 5.27. The molecule has 33 heavy (non-hydrogen) atoms. The van der Waals surface area contributed by atoms with E-state index < -0.39 is 10.0 Å². The monoisotopic (exact) mass is 474 g/mol. The molecule has 0 unspecified atom stereocenters. The number of amides is 1. The lowest BCUT2D eigenvalue weighted by molar-refractivity contribution is 0.102. The maximum absolute atomic E-state index is 12.9. The zero-order valence-corrected chi connectivity index (χ0v) is 19.5. The Labute approximate surface area is 198 Å². The van der Waals surface area contributed by atoms with Crippen LogP contribution in [0.2, 0.25) is 0 Å². The number of para-hydroxylation sites is 1. The molecule has 1 N–H and O–H groups in total. The standard InChI is InChI=1S/C26H22N2O3S2/c1-28(33(30,31)23-12-6-3-7-13-23)21-18-16-20(17-19-21)26(29)27-24-14-8-9-15-25(24)32-22-10-4-2-5-11-22/h2-19H,1H3,(H,27,29). The van der Waals surface area contributed by atoms with Gasteiger partial charge in [0.05, 0.1) is 16.3 Å². The lowest BCUT2D eigenvalue weighted by Gasteiger charge is -2.19. The van der Waals surface area contributed by atoms with Crippen LogP contribution in [0.25, 0.3) is 0 Å². The summed E-state index contributed by atoms with van der Waals surface area (Å²) in [6.45, 7) is 0. The molecular formula is C26H22N2O3S2. The Bertz CT molecular complexity index is 1340. The van der Waals surface area contributed by atoms with Gasteiger partial charge in [0.1, 0.15) is 0 Å². The maximum atomic E-state index is 12.9. The minimum absolute atomic E-state index is 0.210. The summed E-state index contributed by atoms with van der Waals surface area (Å²) in [6.07, 6.45) is 0. The second-order valence-corrected chi connectivity index (χ2v) is 10.3. The molecule has 0 spiro atoms. The van der Waals surface area contributed by atoms with Crippen molar-refractivity contribution in [3.8, 4) is 0 Å². The fourth-order valence-electron chi connectivity index (χ4n) is 3.18. The van der Waals surface area contributed by atoms with E-state index in [9.17, 15) is 13.2 Å². The van der Waals surface area contributed by atoms with Crippen molar-refractivity contribution in [3.63, 3.8) is 0 Å². The van der Waals surface area contributed by atoms with Gasteiger partial charge in [-0.15, -0.1) is 0 Å². The van der Waals surface area contributed by atoms with Gasteiger partial charge in [0, 0.05) is 22.4 Å². The highest BCUT2D eigenvalue weighted by Gasteiger charge is 2.21. The molecule has 0 radical (unpaired) electrons. The van der Waals surface area contributed by atoms with Crippen LogP contribution in [0.3, 0.4) is 0 Å². The fourth-order valence-corrected chi connectivity index (χ4v) is 5.32. The molecule has 0 aliphatic heterocycles. The van der Waals surface area contributed by atoms with Crippen LogP contribution in [0.1, 0.15) is 10.4 Å². The molecule has 0 aliphatic rings. The summed E-state index contributed by atoms with van der Waals surface area (Å²) in [5.74, 6) is -0.267. The second kappa shape index (κ2) is 9.94. The molecule has 4 aromatic rings. The smallest absolute Gasteiger partial charge is 0.264 e. The van der Waals surface area contributed by atoms with Gasteiger partial charge in [0.2, 0.25) is 0 Å². The van der Waals surface area contributed by atoms with Gasteiger partial charge >= 0.3 is 0 Å². The third-order valence-electron chi connectivity index (χ3n) is 5.00. The summed E-state index contributed by atoms with van der Waals surface area (Å²) in [7, 11) is -2.18. The Kier molecular flexibility index (Phi) is 6.82. The van der Waals surface area contributed by atoms with E-state index in [0.717, 1.165) is 9.79 Å². The van der Waals surface area contributed by atoms with E-state index in [4.69, 9.17) is 0 Å². The first-order valence-corrected chi connectivity index (χ1v) is 12.5. The van der Waals surface area contributed by atoms with E-state index in [2.05, 4.69) is 5.32 Å². The van der Waals surface area contributed by atoms with E-state index in [1.807, 2.05) is 54.6 Å². The SMILES string of the molecule is CN(c1ccc(C(=O)Nc2ccccc2Sc2ccccc2)cc1)S(=O)(=O)c1ccccc1. The highest BCUT2D eigenvalue weighted by atomic mass is 32.2. The molecule has 1 amide bonds. The Morgan fingerprint density at radius 3 is 2.00 bits per heavy atom. The van der Waals surface area contributed by atoms with Crippen LogP contribution in [0.5, 0.6) is 0 Å². The van der Waals surface area contributed by atoms with Crippen LogP contribution in [-0.2, 0) is 10.0 Å². The van der Waals surface area contributed by atoms with Gasteiger partial charge in [-0.25, -0.2) is 8.42 Å². The van der Waals surface area contributed by atoms with Gasteiger partial charge in [-0.2, -0.15) is 0 Å². The molecule has 0 aliphatic carbocycles. The van der Waals surface area contributed by atoms with E-state index in [1.165, 1.54) is 11.4 Å². The summed E-state index contributed by atoms with van der Waals surface area (Å²) in [4.78, 5) is 15.1. The van der Waals surface area contributed by atoms with E-state index in [1.54, 1.807) is 66.4 Å². The number of hydrogen-bond acceptors (Lipinski definition) is 4. The van der Waals surface area contributed by atoms with Crippen molar-refractivity contribution < 1.29 is 13.2 Å². The largest absolute Gasteiger partial charge is 0.321 e. The molecule has 0 saturated heterocycles. The molecule has 0 fully saturated rings. The number of anilines is 2. The van der Waals surface area contributed by atoms with Gasteiger partial charge in [0.15, 0.2) is 0 Å². The maximum Gasteiger partial charge on any atom is 0.264 e. The molecule has 0 heterocycles. The zero-order chi connectivity index (χ0) is 23.3. The highest BCUT2D eigenvalue weighted by Crippen LogP contribution is 2.33. The number of benzene rings is 4. The number of hydrogen-bond donors (Lipinski definition) is 1. The Hall–Kier alpha value is -3.55. The number of carbonyl (C=O) groups is 1. The van der Waals surface area contributed by atoms with Crippen LogP contribution >= 0.6 is 11.8 Å². The minimum atomic E-state index is -3.68. The van der Waals surface area contributed by atoms with Gasteiger partial charge in [-0.05, 0) is 60.7 Å². The molecule has 7 heteroatoms. The van der Waals surface area contributed by atoms with E-state index in [-0.39, 0.29) is 10.8 Å². The molecule has 4 aromatic carbocycles. The number of rotatable bonds is 7. The summed E-state index contributed by atoms with van der Waals surface area (Å²) >= 11 is 1.57. The minimum Gasteiger partial charge on any atom is -0.321 e. The first kappa shape index (κ1) is 22.6. The highest BCUT2D eigenvalue weighted by molar-refractivity contribution is 7.99. The number of sulfonamides is 1.